The van der Waals surface area contributed by atoms with Crippen molar-refractivity contribution in [1.82, 2.24) is 9.97 Å². The molecule has 2 aliphatic carbocycles. The molecule has 8 nitrogen and oxygen atoms in total. The molecular formula is C85H76F3N4O4PS. The molecule has 0 spiro atoms. The van der Waals surface area contributed by atoms with Crippen molar-refractivity contribution >= 4 is 117 Å². The van der Waals surface area contributed by atoms with Crippen LogP contribution in [0.3, 0.4) is 0 Å². The number of hydrogen-bond donors (Lipinski definition) is 1. The Morgan fingerprint density at radius 2 is 0.816 bits per heavy atom. The molecule has 0 bridgehead atoms. The van der Waals surface area contributed by atoms with E-state index in [0.29, 0.717) is 16.3 Å². The highest BCUT2D eigenvalue weighted by molar-refractivity contribution is 7.88. The molecule has 0 amide bonds. The van der Waals surface area contributed by atoms with E-state index < -0.39 is 21.5 Å². The van der Waals surface area contributed by atoms with Crippen LogP contribution in [0, 0.1) is 6.92 Å². The van der Waals surface area contributed by atoms with Gasteiger partial charge in [0, 0.05) is 55.9 Å². The Labute approximate surface area is 572 Å². The van der Waals surface area contributed by atoms with Crippen LogP contribution >= 0.6 is 7.92 Å². The van der Waals surface area contributed by atoms with Crippen LogP contribution in [0.15, 0.2) is 285 Å². The molecule has 2 heterocycles. The van der Waals surface area contributed by atoms with Gasteiger partial charge in [-0.25, -0.2) is 9.97 Å². The van der Waals surface area contributed by atoms with Crippen LogP contribution in [0.5, 0.6) is 11.6 Å². The lowest BCUT2D eigenvalue weighted by atomic mass is 9.97. The van der Waals surface area contributed by atoms with Crippen LogP contribution in [0.25, 0.3) is 76.0 Å². The summed E-state index contributed by atoms with van der Waals surface area (Å²) in [4.78, 5) is 11.5. The Kier molecular flexibility index (Phi) is 20.7. The SMILES string of the molecule is COc1cccc(C)c1-c1ccccc1P(C1CCCCC1)C1CCCCC1.O=S(=O)(Oc1ccc2c3ccccc3c3ccccc3c2n1)C(F)(F)F.c1ccc(N(c2ccccc2)c2ccc3c4ccccc4c4ccccc4c3n2)cc1.c1ccc(Nc2ccccc2)cc1. The summed E-state index contributed by atoms with van der Waals surface area (Å²) in [5, 5.41) is 15.1. The van der Waals surface area contributed by atoms with Crippen LogP contribution in [0.1, 0.15) is 69.8 Å². The molecule has 0 unspecified atom stereocenters. The van der Waals surface area contributed by atoms with E-state index in [1.165, 1.54) is 114 Å². The van der Waals surface area contributed by atoms with Gasteiger partial charge in [-0.05, 0) is 165 Å². The van der Waals surface area contributed by atoms with E-state index in [1.54, 1.807) is 17.4 Å². The van der Waals surface area contributed by atoms with Gasteiger partial charge in [0.15, 0.2) is 0 Å². The molecule has 2 aromatic heterocycles. The lowest BCUT2D eigenvalue weighted by molar-refractivity contribution is -0.0501. The molecule has 0 radical (unpaired) electrons. The number of hydrogen-bond acceptors (Lipinski definition) is 8. The van der Waals surface area contributed by atoms with Gasteiger partial charge in [-0.15, -0.1) is 0 Å². The first kappa shape index (κ1) is 66.5. The van der Waals surface area contributed by atoms with Gasteiger partial charge in [-0.1, -0.05) is 253 Å². The molecule has 0 aliphatic heterocycles. The van der Waals surface area contributed by atoms with Crippen molar-refractivity contribution in [3.05, 3.63) is 291 Å². The number of nitrogens with zero attached hydrogens (tertiary/aromatic N) is 3. The molecule has 1 N–H and O–H groups in total. The van der Waals surface area contributed by atoms with Crippen molar-refractivity contribution in [3.63, 3.8) is 0 Å². The number of ether oxygens (including phenoxy) is 1. The standard InChI is InChI=1S/C29H20N2.C26H35OP.C18H10F3NO3S.C12H11N/c1-3-11-21(12-4-1)31(22-13-5-2-6-14-22)28-20-19-27-25-17-8-7-15-23(25)24-16-9-10-18-26(24)29(27)30-28;1-20-12-11-18-24(27-2)26(20)23-17-9-10-19-25(23)28(21-13-5-3-6-14-21)22-15-7-4-8-16-22;19-18(20,21)26(23,24)25-16-10-9-15-13-7-2-1-5-11(13)12-6-3-4-8-14(12)17(15)22-16;1-3-7-11(8-4-1)13-12-9-5-2-6-10-12/h1-20H;9-12,17-19,21-22H,3-8,13-16H2,1-2H3;1-10H;1-10,13H. The molecule has 12 aromatic carbocycles. The van der Waals surface area contributed by atoms with Gasteiger partial charge >= 0.3 is 15.6 Å². The van der Waals surface area contributed by atoms with Crippen LogP contribution in [0.4, 0.5) is 41.7 Å². The fraction of sp³-hybridized carbons (Fsp3) is 0.176. The van der Waals surface area contributed by atoms with Crippen LogP contribution < -0.4 is 24.4 Å². The summed E-state index contributed by atoms with van der Waals surface area (Å²) in [7, 11) is -4.09. The number of aryl methyl sites for hydroxylation is 1. The number of methoxy groups -OCH3 is 1. The van der Waals surface area contributed by atoms with E-state index in [2.05, 4.69) is 178 Å². The average Bonchev–Trinajstić information content (AvgIpc) is 0.752. The zero-order valence-corrected chi connectivity index (χ0v) is 56.5. The summed E-state index contributed by atoms with van der Waals surface area (Å²) < 4.78 is 70.1. The van der Waals surface area contributed by atoms with Crippen LogP contribution in [-0.2, 0) is 10.1 Å². The predicted octanol–water partition coefficient (Wildman–Crippen LogP) is 23.7. The van der Waals surface area contributed by atoms with E-state index in [-0.39, 0.29) is 7.92 Å². The summed E-state index contributed by atoms with van der Waals surface area (Å²) in [5.74, 6) is 1.30. The smallest absolute Gasteiger partial charge is 0.496 e. The summed E-state index contributed by atoms with van der Waals surface area (Å²) in [5.41, 5.74) is 6.23. The van der Waals surface area contributed by atoms with Crippen LogP contribution in [0.2, 0.25) is 0 Å². The van der Waals surface area contributed by atoms with Crippen molar-refractivity contribution in [2.24, 2.45) is 0 Å². The van der Waals surface area contributed by atoms with Gasteiger partial charge in [0.1, 0.15) is 11.6 Å². The predicted molar refractivity (Wildman–Crippen MR) is 403 cm³/mol. The topological polar surface area (TPSA) is 93.7 Å². The van der Waals surface area contributed by atoms with E-state index in [1.807, 2.05) is 116 Å². The molecule has 2 saturated carbocycles. The average molecular weight is 1340 g/mol. The summed E-state index contributed by atoms with van der Waals surface area (Å²) in [6.07, 6.45) is 14.4. The Hall–Kier alpha value is -10.1. The van der Waals surface area contributed by atoms with E-state index >= 15 is 0 Å². The molecule has 0 saturated heterocycles. The Bertz CT molecular complexity index is 4990. The maximum atomic E-state index is 12.6. The van der Waals surface area contributed by atoms with Gasteiger partial charge in [0.25, 0.3) is 0 Å². The zero-order chi connectivity index (χ0) is 67.4. The van der Waals surface area contributed by atoms with Crippen LogP contribution in [-0.4, -0.2) is 42.3 Å². The maximum Gasteiger partial charge on any atom is 0.534 e. The molecule has 0 atom stereocenters. The summed E-state index contributed by atoms with van der Waals surface area (Å²) in [6.45, 7) is 2.23. The minimum Gasteiger partial charge on any atom is -0.496 e. The normalized spacial score (nSPS) is 13.7. The first-order valence-corrected chi connectivity index (χ1v) is 36.5. The summed E-state index contributed by atoms with van der Waals surface area (Å²) >= 11 is 0. The molecule has 14 aromatic rings. The number of nitrogens with one attached hydrogen (secondary N) is 1. The number of benzene rings is 12. The maximum absolute atomic E-state index is 12.6. The van der Waals surface area contributed by atoms with Crippen molar-refractivity contribution in [2.75, 3.05) is 17.3 Å². The number of anilines is 5. The Morgan fingerprint density at radius 3 is 1.28 bits per heavy atom. The van der Waals surface area contributed by atoms with Gasteiger partial charge < -0.3 is 14.2 Å². The third kappa shape index (κ3) is 14.7. The molecule has 2 fully saturated rings. The molecule has 2 aliphatic rings. The number of aromatic nitrogens is 2. The highest BCUT2D eigenvalue weighted by Crippen LogP contribution is 2.57. The Balaban J connectivity index is 0.000000122. The largest absolute Gasteiger partial charge is 0.534 e. The van der Waals surface area contributed by atoms with E-state index in [9.17, 15) is 21.6 Å². The quantitative estimate of drug-likeness (QED) is 0.0560. The first-order chi connectivity index (χ1) is 47.9. The fourth-order valence-corrected chi connectivity index (χ4v) is 18.4. The Morgan fingerprint density at radius 1 is 0.429 bits per heavy atom. The molecule has 16 rings (SSSR count). The van der Waals surface area contributed by atoms with Gasteiger partial charge in [0.05, 0.1) is 18.1 Å². The lowest BCUT2D eigenvalue weighted by Crippen LogP contribution is -2.28. The zero-order valence-electron chi connectivity index (χ0n) is 54.8. The number of alkyl halides is 3. The number of halogens is 3. The minimum absolute atomic E-state index is 0.122. The number of pyridine rings is 2. The number of fused-ring (bicyclic) bond motifs is 12. The van der Waals surface area contributed by atoms with Crippen molar-refractivity contribution in [2.45, 2.75) is 88.0 Å². The van der Waals surface area contributed by atoms with Crippen molar-refractivity contribution < 1.29 is 30.5 Å². The molecule has 98 heavy (non-hydrogen) atoms. The van der Waals surface area contributed by atoms with E-state index in [4.69, 9.17) is 9.72 Å². The fourth-order valence-electron chi connectivity index (χ4n) is 14.1. The van der Waals surface area contributed by atoms with Gasteiger partial charge in [0.2, 0.25) is 5.88 Å². The third-order valence-electron chi connectivity index (χ3n) is 18.5. The van der Waals surface area contributed by atoms with Crippen molar-refractivity contribution in [1.29, 1.82) is 0 Å². The monoisotopic (exact) mass is 1340 g/mol. The second-order valence-corrected chi connectivity index (χ2v) is 29.1. The number of rotatable bonds is 12. The second-order valence-electron chi connectivity index (χ2n) is 24.8. The summed E-state index contributed by atoms with van der Waals surface area (Å²) in [6, 6.07) is 95.9. The van der Waals surface area contributed by atoms with Gasteiger partial charge in [-0.2, -0.15) is 21.6 Å². The highest BCUT2D eigenvalue weighted by atomic mass is 32.2. The minimum atomic E-state index is -5.78. The second kappa shape index (κ2) is 30.5. The molecule has 492 valence electrons. The lowest BCUT2D eigenvalue weighted by Gasteiger charge is -2.39. The number of para-hydroxylation sites is 4. The van der Waals surface area contributed by atoms with E-state index in [0.717, 1.165) is 73.4 Å². The highest BCUT2D eigenvalue weighted by Gasteiger charge is 2.49. The molecule has 13 heteroatoms. The van der Waals surface area contributed by atoms with Crippen molar-refractivity contribution in [3.8, 4) is 22.8 Å². The van der Waals surface area contributed by atoms with Gasteiger partial charge in [-0.3, -0.25) is 4.90 Å². The third-order valence-corrected chi connectivity index (χ3v) is 23.1. The first-order valence-electron chi connectivity index (χ1n) is 33.6. The molecular weight excluding hydrogens is 1260 g/mol.